The van der Waals surface area contributed by atoms with Crippen LogP contribution in [0.3, 0.4) is 0 Å². The summed E-state index contributed by atoms with van der Waals surface area (Å²) in [5.41, 5.74) is 2.47. The maximum Gasteiger partial charge on any atom is 0.0565 e. The van der Waals surface area contributed by atoms with Crippen LogP contribution in [-0.4, -0.2) is 25.5 Å². The Morgan fingerprint density at radius 3 is 2.94 bits per heavy atom. The largest absolute Gasteiger partial charge is 0.329 e. The minimum Gasteiger partial charge on any atom is -0.329 e. The fourth-order valence-electron chi connectivity index (χ4n) is 1.55. The topological polar surface area (TPSA) is 15.3 Å². The molecule has 0 unspecified atom stereocenters. The van der Waals surface area contributed by atoms with Crippen LogP contribution in [0.5, 0.6) is 0 Å². The maximum atomic E-state index is 6.12. The Morgan fingerprint density at radius 1 is 1.38 bits per heavy atom. The summed E-state index contributed by atoms with van der Waals surface area (Å²) in [5.74, 6) is 0. The second-order valence-electron chi connectivity index (χ2n) is 4.09. The lowest BCUT2D eigenvalue weighted by molar-refractivity contribution is 0.412. The van der Waals surface area contributed by atoms with E-state index in [4.69, 9.17) is 11.6 Å². The Bertz CT molecular complexity index is 415. The second kappa shape index (κ2) is 5.13. The summed E-state index contributed by atoms with van der Waals surface area (Å²) in [6.07, 6.45) is 3.22. The first-order chi connectivity index (χ1) is 7.66. The lowest BCUT2D eigenvalue weighted by Gasteiger charge is -2.19. The van der Waals surface area contributed by atoms with Crippen molar-refractivity contribution in [2.45, 2.75) is 11.3 Å². The van der Waals surface area contributed by atoms with Gasteiger partial charge in [-0.3, -0.25) is 0 Å². The first-order valence-electron chi connectivity index (χ1n) is 5.23. The van der Waals surface area contributed by atoms with Crippen LogP contribution >= 0.6 is 23.5 Å². The van der Waals surface area contributed by atoms with Crippen LogP contribution in [0, 0.1) is 0 Å². The second-order valence-corrected chi connectivity index (χ2v) is 5.31. The normalized spacial score (nSPS) is 14.4. The van der Waals surface area contributed by atoms with Crippen molar-refractivity contribution in [2.75, 3.05) is 20.6 Å². The standard InChI is InChI=1S/C12H15ClN2S/c1-15(2)7-6-10-8-9-4-3-5-11(13)12(9)16-14-10/h3-5,8,14H,6-7H2,1-2H3. The molecule has 1 aromatic carbocycles. The highest BCUT2D eigenvalue weighted by Crippen LogP contribution is 2.34. The average Bonchev–Trinajstić information content (AvgIpc) is 2.26. The third-order valence-corrected chi connectivity index (χ3v) is 3.89. The lowest BCUT2D eigenvalue weighted by Crippen LogP contribution is -2.17. The van der Waals surface area contributed by atoms with E-state index in [-0.39, 0.29) is 0 Å². The third-order valence-electron chi connectivity index (χ3n) is 2.44. The van der Waals surface area contributed by atoms with Crippen molar-refractivity contribution < 1.29 is 0 Å². The van der Waals surface area contributed by atoms with Crippen LogP contribution < -0.4 is 4.72 Å². The average molecular weight is 255 g/mol. The van der Waals surface area contributed by atoms with Crippen molar-refractivity contribution in [3.05, 3.63) is 34.5 Å². The van der Waals surface area contributed by atoms with Gasteiger partial charge >= 0.3 is 0 Å². The number of nitrogens with zero attached hydrogens (tertiary/aromatic N) is 1. The summed E-state index contributed by atoms with van der Waals surface area (Å²) in [7, 11) is 4.17. The molecule has 2 nitrogen and oxygen atoms in total. The molecule has 1 aliphatic rings. The van der Waals surface area contributed by atoms with Gasteiger partial charge in [-0.05, 0) is 43.7 Å². The Hall–Kier alpha value is -0.640. The van der Waals surface area contributed by atoms with Gasteiger partial charge in [0, 0.05) is 18.7 Å². The van der Waals surface area contributed by atoms with Crippen LogP contribution in [0.2, 0.25) is 5.02 Å². The summed E-state index contributed by atoms with van der Waals surface area (Å²) >= 11 is 7.73. The number of benzene rings is 1. The molecule has 0 aromatic heterocycles. The minimum atomic E-state index is 0.818. The fraction of sp³-hybridized carbons (Fsp3) is 0.333. The maximum absolute atomic E-state index is 6.12. The van der Waals surface area contributed by atoms with E-state index in [0.717, 1.165) is 22.9 Å². The molecule has 0 bridgehead atoms. The monoisotopic (exact) mass is 254 g/mol. The minimum absolute atomic E-state index is 0.818. The number of halogens is 1. The Morgan fingerprint density at radius 2 is 2.19 bits per heavy atom. The van der Waals surface area contributed by atoms with Crippen molar-refractivity contribution in [3.63, 3.8) is 0 Å². The molecule has 0 spiro atoms. The Kier molecular flexibility index (Phi) is 3.79. The van der Waals surface area contributed by atoms with E-state index in [1.165, 1.54) is 11.3 Å². The quantitative estimate of drug-likeness (QED) is 0.834. The van der Waals surface area contributed by atoms with E-state index in [2.05, 4.69) is 35.9 Å². The molecule has 0 radical (unpaired) electrons. The highest BCUT2D eigenvalue weighted by atomic mass is 35.5. The molecule has 0 fully saturated rings. The molecule has 0 saturated carbocycles. The van der Waals surface area contributed by atoms with Crippen LogP contribution in [0.15, 0.2) is 28.8 Å². The first-order valence-corrected chi connectivity index (χ1v) is 6.43. The predicted octanol–water partition coefficient (Wildman–Crippen LogP) is 3.24. The zero-order valence-corrected chi connectivity index (χ0v) is 11.0. The van der Waals surface area contributed by atoms with Crippen molar-refractivity contribution >= 4 is 29.6 Å². The summed E-state index contributed by atoms with van der Waals surface area (Å²) in [6.45, 7) is 1.05. The molecule has 1 aliphatic heterocycles. The molecule has 0 saturated heterocycles. The number of rotatable bonds is 3. The van der Waals surface area contributed by atoms with E-state index >= 15 is 0 Å². The predicted molar refractivity (Wildman–Crippen MR) is 71.6 cm³/mol. The van der Waals surface area contributed by atoms with Gasteiger partial charge in [0.05, 0.1) is 9.92 Å². The summed E-state index contributed by atoms with van der Waals surface area (Å²) in [6, 6.07) is 6.02. The smallest absolute Gasteiger partial charge is 0.0565 e. The summed E-state index contributed by atoms with van der Waals surface area (Å²) in [5, 5.41) is 0.818. The number of fused-ring (bicyclic) bond motifs is 1. The SMILES string of the molecule is CN(C)CCC1=Cc2cccc(Cl)c2SN1. The molecule has 16 heavy (non-hydrogen) atoms. The molecule has 0 amide bonds. The summed E-state index contributed by atoms with van der Waals surface area (Å²) in [4.78, 5) is 3.30. The lowest BCUT2D eigenvalue weighted by atomic mass is 10.1. The van der Waals surface area contributed by atoms with Crippen LogP contribution in [0.25, 0.3) is 6.08 Å². The molecule has 86 valence electrons. The van der Waals surface area contributed by atoms with Crippen molar-refractivity contribution in [2.24, 2.45) is 0 Å². The van der Waals surface area contributed by atoms with E-state index < -0.39 is 0 Å². The van der Waals surface area contributed by atoms with Gasteiger partial charge < -0.3 is 9.62 Å². The number of hydrogen-bond acceptors (Lipinski definition) is 3. The van der Waals surface area contributed by atoms with Crippen molar-refractivity contribution in [3.8, 4) is 0 Å². The van der Waals surface area contributed by atoms with E-state index in [9.17, 15) is 0 Å². The first kappa shape index (κ1) is 11.8. The van der Waals surface area contributed by atoms with Gasteiger partial charge in [0.2, 0.25) is 0 Å². The van der Waals surface area contributed by atoms with E-state index in [1.54, 1.807) is 11.9 Å². The Balaban J connectivity index is 2.15. The fourth-order valence-corrected chi connectivity index (χ4v) is 2.65. The molecule has 2 rings (SSSR count). The van der Waals surface area contributed by atoms with Gasteiger partial charge in [0.15, 0.2) is 0 Å². The molecule has 0 atom stereocenters. The highest BCUT2D eigenvalue weighted by Gasteiger charge is 2.13. The molecular formula is C12H15ClN2S. The molecule has 4 heteroatoms. The van der Waals surface area contributed by atoms with Gasteiger partial charge in [0.1, 0.15) is 0 Å². The van der Waals surface area contributed by atoms with Crippen LogP contribution in [-0.2, 0) is 0 Å². The van der Waals surface area contributed by atoms with Crippen LogP contribution in [0.4, 0.5) is 0 Å². The molecule has 0 aliphatic carbocycles. The number of nitrogens with one attached hydrogen (secondary N) is 1. The Labute approximate surface area is 106 Å². The van der Waals surface area contributed by atoms with E-state index in [0.29, 0.717) is 0 Å². The number of hydrogen-bond donors (Lipinski definition) is 1. The van der Waals surface area contributed by atoms with Gasteiger partial charge in [-0.15, -0.1) is 0 Å². The van der Waals surface area contributed by atoms with Gasteiger partial charge in [0.25, 0.3) is 0 Å². The van der Waals surface area contributed by atoms with Crippen LogP contribution in [0.1, 0.15) is 12.0 Å². The molecule has 1 heterocycles. The summed E-state index contributed by atoms with van der Waals surface area (Å²) < 4.78 is 3.34. The zero-order valence-electron chi connectivity index (χ0n) is 9.46. The van der Waals surface area contributed by atoms with Crippen molar-refractivity contribution in [1.29, 1.82) is 0 Å². The molecule has 1 N–H and O–H groups in total. The zero-order chi connectivity index (χ0) is 11.5. The van der Waals surface area contributed by atoms with Gasteiger partial charge in [-0.2, -0.15) is 0 Å². The van der Waals surface area contributed by atoms with E-state index in [1.807, 2.05) is 12.1 Å². The highest BCUT2D eigenvalue weighted by molar-refractivity contribution is 7.97. The van der Waals surface area contributed by atoms with Gasteiger partial charge in [-0.1, -0.05) is 23.7 Å². The van der Waals surface area contributed by atoms with Gasteiger partial charge in [-0.25, -0.2) is 0 Å². The van der Waals surface area contributed by atoms with Crippen molar-refractivity contribution in [1.82, 2.24) is 9.62 Å². The molecule has 1 aromatic rings. The molecular weight excluding hydrogens is 240 g/mol. The third kappa shape index (κ3) is 2.73.